The van der Waals surface area contributed by atoms with Gasteiger partial charge in [-0.05, 0) is 82.1 Å². The van der Waals surface area contributed by atoms with Crippen molar-refractivity contribution in [3.8, 4) is 0 Å². The van der Waals surface area contributed by atoms with Crippen molar-refractivity contribution in [2.75, 3.05) is 10.8 Å². The molecule has 0 saturated heterocycles. The van der Waals surface area contributed by atoms with Gasteiger partial charge in [0, 0.05) is 24.2 Å². The predicted molar refractivity (Wildman–Crippen MR) is 139 cm³/mol. The number of nitrogens with zero attached hydrogens (tertiary/aromatic N) is 3. The number of anilines is 1. The molecule has 198 valence electrons. The fraction of sp³-hybridized carbons (Fsp3) is 0.231. The molecule has 1 saturated carbocycles. The van der Waals surface area contributed by atoms with E-state index in [-0.39, 0.29) is 40.9 Å². The molecule has 0 aliphatic heterocycles. The largest absolute Gasteiger partial charge is 0.755 e. The molecule has 0 bridgehead atoms. The molecule has 2 N–H and O–H groups in total. The summed E-state index contributed by atoms with van der Waals surface area (Å²) in [7, 11) is 0. The van der Waals surface area contributed by atoms with Crippen LogP contribution < -0.4 is 10.0 Å². The number of nitrogens with two attached hydrogens (primary N) is 1. The SMILES string of the molecule is NC(=O)c1c(Cc2ccc(F)cc2)nn2cc(N(CCc3ccc(Br)c(F)c3F)S(=O)[O-])c(C3CC3)cc12. The Labute approximate surface area is 227 Å². The van der Waals surface area contributed by atoms with E-state index in [1.807, 2.05) is 0 Å². The molecule has 0 spiro atoms. The van der Waals surface area contributed by atoms with Gasteiger partial charge in [0.15, 0.2) is 11.6 Å². The average Bonchev–Trinajstić information content (AvgIpc) is 3.65. The van der Waals surface area contributed by atoms with Gasteiger partial charge in [-0.3, -0.25) is 9.00 Å². The van der Waals surface area contributed by atoms with Crippen molar-refractivity contribution in [3.63, 3.8) is 0 Å². The first-order valence-electron chi connectivity index (χ1n) is 11.7. The zero-order chi connectivity index (χ0) is 27.1. The Balaban J connectivity index is 1.56. The highest BCUT2D eigenvalue weighted by Gasteiger charge is 2.31. The summed E-state index contributed by atoms with van der Waals surface area (Å²) in [4.78, 5) is 12.4. The van der Waals surface area contributed by atoms with Crippen LogP contribution in [-0.4, -0.2) is 30.8 Å². The van der Waals surface area contributed by atoms with Crippen LogP contribution >= 0.6 is 15.9 Å². The van der Waals surface area contributed by atoms with E-state index >= 15 is 0 Å². The van der Waals surface area contributed by atoms with E-state index in [1.54, 1.807) is 18.2 Å². The van der Waals surface area contributed by atoms with Crippen LogP contribution in [-0.2, 0) is 24.1 Å². The van der Waals surface area contributed by atoms with E-state index < -0.39 is 34.6 Å². The monoisotopic (exact) mass is 605 g/mol. The first kappa shape index (κ1) is 26.4. The van der Waals surface area contributed by atoms with E-state index in [0.29, 0.717) is 28.0 Å². The minimum absolute atomic E-state index is 0.0233. The number of benzene rings is 2. The zero-order valence-corrected chi connectivity index (χ0v) is 22.2. The van der Waals surface area contributed by atoms with Gasteiger partial charge in [0.25, 0.3) is 5.91 Å². The van der Waals surface area contributed by atoms with Gasteiger partial charge in [-0.1, -0.05) is 18.2 Å². The minimum atomic E-state index is -2.74. The third-order valence-electron chi connectivity index (χ3n) is 6.55. The second-order valence-electron chi connectivity index (χ2n) is 9.11. The summed E-state index contributed by atoms with van der Waals surface area (Å²) in [6, 6.07) is 10.3. The lowest BCUT2D eigenvalue weighted by atomic mass is 10.0. The predicted octanol–water partition coefficient (Wildman–Crippen LogP) is 4.92. The summed E-state index contributed by atoms with van der Waals surface area (Å²) >= 11 is 0.196. The Bertz CT molecular complexity index is 1570. The van der Waals surface area contributed by atoms with Gasteiger partial charge in [-0.2, -0.15) is 5.10 Å². The first-order valence-corrected chi connectivity index (χ1v) is 13.5. The van der Waals surface area contributed by atoms with E-state index in [1.165, 1.54) is 35.0 Å². The molecule has 7 nitrogen and oxygen atoms in total. The number of pyridine rings is 1. The molecule has 1 amide bonds. The number of fused-ring (bicyclic) bond motifs is 1. The third-order valence-corrected chi connectivity index (χ3v) is 7.90. The lowest BCUT2D eigenvalue weighted by Gasteiger charge is -2.28. The van der Waals surface area contributed by atoms with Crippen LogP contribution in [0.15, 0.2) is 53.1 Å². The molecule has 1 aliphatic rings. The van der Waals surface area contributed by atoms with Crippen molar-refractivity contribution in [2.45, 2.75) is 31.6 Å². The molecule has 1 unspecified atom stereocenters. The van der Waals surface area contributed by atoms with Crippen LogP contribution in [0.5, 0.6) is 0 Å². The maximum Gasteiger partial charge on any atom is 0.252 e. The molecule has 38 heavy (non-hydrogen) atoms. The average molecular weight is 606 g/mol. The van der Waals surface area contributed by atoms with E-state index in [4.69, 9.17) is 5.73 Å². The number of aromatic nitrogens is 2. The van der Waals surface area contributed by atoms with Gasteiger partial charge in [0.2, 0.25) is 0 Å². The molecule has 0 radical (unpaired) electrons. The summed E-state index contributed by atoms with van der Waals surface area (Å²) in [5.41, 5.74) is 8.48. The second kappa shape index (κ2) is 10.5. The van der Waals surface area contributed by atoms with Crippen LogP contribution in [0.25, 0.3) is 5.52 Å². The van der Waals surface area contributed by atoms with Gasteiger partial charge in [0.05, 0.1) is 33.1 Å². The molecule has 4 aromatic rings. The standard InChI is InChI=1S/C26H22BrF3N4O3S/c27-19-8-5-16(24(29)25(19)30)9-10-34(38(36)37)22-13-33-21(12-18(22)15-3-4-15)23(26(31)35)20(32-33)11-14-1-6-17(28)7-2-14/h1-2,5-8,12-13,15H,3-4,9-11H2,(H2,31,35)(H,36,37)/p-1. The van der Waals surface area contributed by atoms with Crippen molar-refractivity contribution < 1.29 is 26.7 Å². The van der Waals surface area contributed by atoms with Gasteiger partial charge in [-0.25, -0.2) is 17.7 Å². The summed E-state index contributed by atoms with van der Waals surface area (Å²) in [6.45, 7) is -0.147. The van der Waals surface area contributed by atoms with Gasteiger partial charge < -0.3 is 14.6 Å². The topological polar surface area (TPSA) is 104 Å². The van der Waals surface area contributed by atoms with Crippen molar-refractivity contribution in [1.82, 2.24) is 9.61 Å². The van der Waals surface area contributed by atoms with E-state index in [9.17, 15) is 26.7 Å². The van der Waals surface area contributed by atoms with E-state index in [0.717, 1.165) is 17.1 Å². The number of carbonyl (C=O) groups excluding carboxylic acids is 1. The molecule has 12 heteroatoms. The third kappa shape index (κ3) is 5.20. The molecule has 1 fully saturated rings. The fourth-order valence-corrected chi connectivity index (χ4v) is 5.38. The van der Waals surface area contributed by atoms with E-state index in [2.05, 4.69) is 21.0 Å². The normalized spacial score (nSPS) is 14.1. The van der Waals surface area contributed by atoms with Crippen LogP contribution in [0, 0.1) is 17.5 Å². The van der Waals surface area contributed by atoms with Crippen molar-refractivity contribution in [3.05, 3.63) is 98.5 Å². The lowest BCUT2D eigenvalue weighted by Crippen LogP contribution is -2.29. The molecule has 2 heterocycles. The number of carbonyl (C=O) groups is 1. The Morgan fingerprint density at radius 2 is 1.87 bits per heavy atom. The number of amides is 1. The summed E-state index contributed by atoms with van der Waals surface area (Å²) < 4.78 is 68.9. The molecular formula is C26H21BrF3N4O3S-. The molecule has 1 atom stereocenters. The maximum absolute atomic E-state index is 14.4. The van der Waals surface area contributed by atoms with Gasteiger partial charge in [0.1, 0.15) is 5.82 Å². The number of primary amides is 1. The molecular weight excluding hydrogens is 585 g/mol. The Morgan fingerprint density at radius 1 is 1.16 bits per heavy atom. The van der Waals surface area contributed by atoms with Crippen molar-refractivity contribution >= 4 is 44.3 Å². The van der Waals surface area contributed by atoms with Crippen LogP contribution in [0.2, 0.25) is 0 Å². The highest BCUT2D eigenvalue weighted by molar-refractivity contribution is 9.10. The first-order chi connectivity index (χ1) is 18.1. The zero-order valence-electron chi connectivity index (χ0n) is 19.8. The quantitative estimate of drug-likeness (QED) is 0.216. The number of rotatable bonds is 9. The lowest BCUT2D eigenvalue weighted by molar-refractivity contribution is 0.100. The number of hydrogen-bond donors (Lipinski definition) is 1. The number of hydrogen-bond acceptors (Lipinski definition) is 4. The fourth-order valence-electron chi connectivity index (χ4n) is 4.52. The molecule has 2 aromatic carbocycles. The Kier molecular flexibility index (Phi) is 7.30. The van der Waals surface area contributed by atoms with Gasteiger partial charge >= 0.3 is 0 Å². The Hall–Kier alpha value is -3.22. The minimum Gasteiger partial charge on any atom is -0.755 e. The second-order valence-corrected chi connectivity index (χ2v) is 10.8. The Morgan fingerprint density at radius 3 is 2.50 bits per heavy atom. The van der Waals surface area contributed by atoms with Crippen molar-refractivity contribution in [2.24, 2.45) is 5.73 Å². The maximum atomic E-state index is 14.4. The van der Waals surface area contributed by atoms with Crippen LogP contribution in [0.4, 0.5) is 18.9 Å². The smallest absolute Gasteiger partial charge is 0.252 e. The van der Waals surface area contributed by atoms with Crippen LogP contribution in [0.1, 0.15) is 51.5 Å². The molecule has 5 rings (SSSR count). The number of halogens is 4. The summed E-state index contributed by atoms with van der Waals surface area (Å²) in [5.74, 6) is -3.10. The van der Waals surface area contributed by atoms with Crippen LogP contribution in [0.3, 0.4) is 0 Å². The van der Waals surface area contributed by atoms with Crippen molar-refractivity contribution in [1.29, 1.82) is 0 Å². The van der Waals surface area contributed by atoms with Gasteiger partial charge in [-0.15, -0.1) is 0 Å². The summed E-state index contributed by atoms with van der Waals surface area (Å²) in [6.07, 6.45) is 3.31. The summed E-state index contributed by atoms with van der Waals surface area (Å²) in [5, 5.41) is 4.51. The highest BCUT2D eigenvalue weighted by Crippen LogP contribution is 2.45. The molecule has 2 aromatic heterocycles. The highest BCUT2D eigenvalue weighted by atomic mass is 79.9. The molecule has 1 aliphatic carbocycles.